The van der Waals surface area contributed by atoms with Crippen LogP contribution in [0.25, 0.3) is 38.6 Å². The maximum absolute atomic E-state index is 11.4. The third-order valence-corrected chi connectivity index (χ3v) is 7.31. The minimum Gasteiger partial charge on any atom is -0.321 e. The second-order valence-electron chi connectivity index (χ2n) is 7.30. The number of fused-ring (bicyclic) bond motifs is 3. The van der Waals surface area contributed by atoms with Gasteiger partial charge in [0.2, 0.25) is 0 Å². The second kappa shape index (κ2) is 7.73. The highest BCUT2D eigenvalue weighted by atomic mass is 79.9. The molecule has 0 aliphatic carbocycles. The number of aromatic nitrogens is 1. The van der Waals surface area contributed by atoms with Crippen LogP contribution in [-0.4, -0.2) is 14.4 Å². The fourth-order valence-corrected chi connectivity index (χ4v) is 5.16. The summed E-state index contributed by atoms with van der Waals surface area (Å²) in [6.07, 6.45) is 0. The Balaban J connectivity index is 1.62. The molecule has 7 heteroatoms. The average Bonchev–Trinajstić information content (AvgIpc) is 3.06. The summed E-state index contributed by atoms with van der Waals surface area (Å²) in [6, 6.07) is 27.2. The van der Waals surface area contributed by atoms with Crippen molar-refractivity contribution in [2.75, 3.05) is 0 Å². The Labute approximate surface area is 195 Å². The van der Waals surface area contributed by atoms with E-state index in [4.69, 9.17) is 0 Å². The lowest BCUT2D eigenvalue weighted by Gasteiger charge is -2.10. The van der Waals surface area contributed by atoms with Gasteiger partial charge in [0.15, 0.2) is 0 Å². The molecule has 0 bridgehead atoms. The Morgan fingerprint density at radius 1 is 0.645 bits per heavy atom. The Bertz CT molecular complexity index is 1430. The fourth-order valence-electron chi connectivity index (χ4n) is 3.90. The van der Waals surface area contributed by atoms with E-state index >= 15 is 0 Å². The van der Waals surface area contributed by atoms with Crippen molar-refractivity contribution >= 4 is 66.6 Å². The molecular formula is C24H16Br2NO3P. The molecule has 4 aromatic carbocycles. The predicted octanol–water partition coefficient (Wildman–Crippen LogP) is 6.78. The molecule has 0 aliphatic heterocycles. The molecule has 0 fully saturated rings. The monoisotopic (exact) mass is 555 g/mol. The van der Waals surface area contributed by atoms with Crippen LogP contribution in [-0.2, 0) is 4.57 Å². The number of hydrogen-bond donors (Lipinski definition) is 2. The summed E-state index contributed by atoms with van der Waals surface area (Å²) < 4.78 is 15.7. The summed E-state index contributed by atoms with van der Waals surface area (Å²) in [4.78, 5) is 18.6. The van der Waals surface area contributed by atoms with Crippen LogP contribution in [0.1, 0.15) is 0 Å². The first-order valence-corrected chi connectivity index (χ1v) is 12.7. The highest BCUT2D eigenvalue weighted by molar-refractivity contribution is 9.10. The van der Waals surface area contributed by atoms with Crippen molar-refractivity contribution in [3.8, 4) is 16.8 Å². The zero-order valence-electron chi connectivity index (χ0n) is 16.0. The minimum atomic E-state index is -4.23. The first kappa shape index (κ1) is 20.7. The van der Waals surface area contributed by atoms with Crippen LogP contribution in [0.2, 0.25) is 0 Å². The Hall–Kier alpha value is -2.21. The van der Waals surface area contributed by atoms with Crippen LogP contribution >= 0.6 is 39.5 Å². The molecule has 0 atom stereocenters. The van der Waals surface area contributed by atoms with Crippen molar-refractivity contribution < 1.29 is 14.4 Å². The van der Waals surface area contributed by atoms with Crippen LogP contribution < -0.4 is 5.30 Å². The number of hydrogen-bond acceptors (Lipinski definition) is 1. The lowest BCUT2D eigenvalue weighted by Crippen LogP contribution is -2.02. The molecule has 0 unspecified atom stereocenters. The van der Waals surface area contributed by atoms with Crippen molar-refractivity contribution in [3.05, 3.63) is 93.9 Å². The molecule has 1 aromatic heterocycles. The molecule has 5 rings (SSSR count). The largest absolute Gasteiger partial charge is 0.356 e. The van der Waals surface area contributed by atoms with Gasteiger partial charge in [0.25, 0.3) is 0 Å². The first-order valence-electron chi connectivity index (χ1n) is 9.47. The second-order valence-corrected chi connectivity index (χ2v) is 10.7. The van der Waals surface area contributed by atoms with Crippen molar-refractivity contribution in [2.45, 2.75) is 0 Å². The number of nitrogens with zero attached hydrogens (tertiary/aromatic N) is 1. The molecule has 0 aliphatic rings. The lowest BCUT2D eigenvalue weighted by atomic mass is 10.1. The van der Waals surface area contributed by atoms with Crippen LogP contribution in [0.3, 0.4) is 0 Å². The third kappa shape index (κ3) is 3.79. The summed E-state index contributed by atoms with van der Waals surface area (Å²) in [6.45, 7) is 0. The SMILES string of the molecule is O=P(O)(O)c1ccc(-c2ccc(-n3c4ccc(Br)cc4c4cc(Br)ccc43)cc2)cc1. The Morgan fingerprint density at radius 3 is 1.55 bits per heavy atom. The van der Waals surface area contributed by atoms with Crippen molar-refractivity contribution in [3.63, 3.8) is 0 Å². The number of rotatable bonds is 3. The molecule has 4 nitrogen and oxygen atoms in total. The summed E-state index contributed by atoms with van der Waals surface area (Å²) in [5, 5.41) is 2.36. The third-order valence-electron chi connectivity index (χ3n) is 5.35. The average molecular weight is 557 g/mol. The molecule has 1 heterocycles. The van der Waals surface area contributed by atoms with E-state index in [1.165, 1.54) is 22.9 Å². The van der Waals surface area contributed by atoms with Crippen molar-refractivity contribution in [1.82, 2.24) is 4.57 Å². The Morgan fingerprint density at radius 2 is 1.10 bits per heavy atom. The van der Waals surface area contributed by atoms with Gasteiger partial charge in [-0.05, 0) is 71.8 Å². The van der Waals surface area contributed by atoms with Crippen LogP contribution in [0.5, 0.6) is 0 Å². The van der Waals surface area contributed by atoms with Gasteiger partial charge in [-0.2, -0.15) is 0 Å². The van der Waals surface area contributed by atoms with Gasteiger partial charge in [-0.1, -0.05) is 56.1 Å². The van der Waals surface area contributed by atoms with Gasteiger partial charge in [-0.3, -0.25) is 4.57 Å². The smallest absolute Gasteiger partial charge is 0.321 e. The van der Waals surface area contributed by atoms with E-state index in [0.717, 1.165) is 36.8 Å². The first-order chi connectivity index (χ1) is 14.8. The molecule has 0 radical (unpaired) electrons. The zero-order valence-corrected chi connectivity index (χ0v) is 20.1. The molecule has 0 saturated carbocycles. The van der Waals surface area contributed by atoms with Gasteiger partial charge in [0.05, 0.1) is 16.3 Å². The number of benzene rings is 4. The zero-order chi connectivity index (χ0) is 21.8. The molecule has 31 heavy (non-hydrogen) atoms. The highest BCUT2D eigenvalue weighted by Crippen LogP contribution is 2.36. The summed E-state index contributed by atoms with van der Waals surface area (Å²) in [5.74, 6) is 0. The quantitative estimate of drug-likeness (QED) is 0.241. The molecule has 154 valence electrons. The van der Waals surface area contributed by atoms with Crippen LogP contribution in [0.4, 0.5) is 0 Å². The normalized spacial score (nSPS) is 12.0. The van der Waals surface area contributed by atoms with Gasteiger partial charge in [0.1, 0.15) is 0 Å². The number of halogens is 2. The van der Waals surface area contributed by atoms with Crippen molar-refractivity contribution in [1.29, 1.82) is 0 Å². The molecule has 0 amide bonds. The topological polar surface area (TPSA) is 62.5 Å². The lowest BCUT2D eigenvalue weighted by molar-refractivity contribution is 0.387. The van der Waals surface area contributed by atoms with E-state index in [1.807, 2.05) is 24.3 Å². The van der Waals surface area contributed by atoms with Gasteiger partial charge in [0, 0.05) is 25.4 Å². The van der Waals surface area contributed by atoms with Gasteiger partial charge in [-0.15, -0.1) is 0 Å². The highest BCUT2D eigenvalue weighted by Gasteiger charge is 2.16. The standard InChI is InChI=1S/C24H16Br2NO3P/c25-17-5-11-23-21(13-17)22-14-18(26)6-12-24(22)27(23)19-7-1-15(2-8-19)16-3-9-20(10-4-16)31(28,29)30/h1-14H,(H2,28,29,30). The fraction of sp³-hybridized carbons (Fsp3) is 0. The van der Waals surface area contributed by atoms with E-state index in [1.54, 1.807) is 12.1 Å². The van der Waals surface area contributed by atoms with E-state index < -0.39 is 7.60 Å². The summed E-state index contributed by atoms with van der Waals surface area (Å²) in [5.41, 5.74) is 5.16. The van der Waals surface area contributed by atoms with Gasteiger partial charge in [-0.25, -0.2) is 0 Å². The molecular weight excluding hydrogens is 541 g/mol. The predicted molar refractivity (Wildman–Crippen MR) is 133 cm³/mol. The van der Waals surface area contributed by atoms with E-state index in [2.05, 4.69) is 72.8 Å². The van der Waals surface area contributed by atoms with E-state index in [-0.39, 0.29) is 5.30 Å². The van der Waals surface area contributed by atoms with Gasteiger partial charge < -0.3 is 14.4 Å². The maximum atomic E-state index is 11.4. The molecule has 5 aromatic rings. The van der Waals surface area contributed by atoms with Gasteiger partial charge >= 0.3 is 7.60 Å². The maximum Gasteiger partial charge on any atom is 0.356 e. The molecule has 0 spiro atoms. The van der Waals surface area contributed by atoms with Crippen LogP contribution in [0, 0.1) is 0 Å². The van der Waals surface area contributed by atoms with E-state index in [9.17, 15) is 14.4 Å². The van der Waals surface area contributed by atoms with E-state index in [0.29, 0.717) is 0 Å². The Kier molecular flexibility index (Phi) is 5.16. The van der Waals surface area contributed by atoms with Crippen molar-refractivity contribution in [2.24, 2.45) is 0 Å². The summed E-state index contributed by atoms with van der Waals surface area (Å²) in [7, 11) is -4.23. The molecule has 0 saturated heterocycles. The van der Waals surface area contributed by atoms with Crippen LogP contribution in [0.15, 0.2) is 93.9 Å². The minimum absolute atomic E-state index is 0.0236. The summed E-state index contributed by atoms with van der Waals surface area (Å²) >= 11 is 7.17. The molecule has 2 N–H and O–H groups in total.